The summed E-state index contributed by atoms with van der Waals surface area (Å²) in [7, 11) is -2.29. The molecule has 1 aromatic rings. The minimum Gasteiger partial charge on any atom is -0.495 e. The van der Waals surface area contributed by atoms with E-state index in [1.165, 1.54) is 45.3 Å². The van der Waals surface area contributed by atoms with Gasteiger partial charge >= 0.3 is 0 Å². The molecule has 1 atom stereocenters. The number of thioether (sulfide) groups is 1. The normalized spacial score (nSPS) is 16.4. The molecule has 9 heteroatoms. The summed E-state index contributed by atoms with van der Waals surface area (Å²) < 4.78 is 31.2. The molecule has 0 radical (unpaired) electrons. The van der Waals surface area contributed by atoms with Crippen LogP contribution in [0, 0.1) is 0 Å². The fraction of sp³-hybridized carbons (Fsp3) is 0.632. The number of rotatable bonds is 9. The van der Waals surface area contributed by atoms with E-state index in [4.69, 9.17) is 16.3 Å². The molecule has 1 N–H and O–H groups in total. The summed E-state index contributed by atoms with van der Waals surface area (Å²) in [5.41, 5.74) is 0.247. The van der Waals surface area contributed by atoms with Gasteiger partial charge in [-0.25, -0.2) is 8.42 Å². The van der Waals surface area contributed by atoms with E-state index in [9.17, 15) is 13.2 Å². The zero-order chi connectivity index (χ0) is 20.7. The van der Waals surface area contributed by atoms with Crippen LogP contribution in [-0.4, -0.2) is 51.3 Å². The molecule has 1 amide bonds. The summed E-state index contributed by atoms with van der Waals surface area (Å²) in [5, 5.41) is 3.89. The fourth-order valence-corrected chi connectivity index (χ4v) is 5.95. The number of carbonyl (C=O) groups excluding carboxylic acids is 1. The third-order valence-corrected chi connectivity index (χ3v) is 7.62. The Labute approximate surface area is 177 Å². The lowest BCUT2D eigenvalue weighted by atomic mass is 10.0. The van der Waals surface area contributed by atoms with E-state index in [-0.39, 0.29) is 11.6 Å². The van der Waals surface area contributed by atoms with Gasteiger partial charge < -0.3 is 10.1 Å². The highest BCUT2D eigenvalue weighted by Crippen LogP contribution is 2.34. The second-order valence-corrected chi connectivity index (χ2v) is 10.7. The number of hydrogen-bond donors (Lipinski definition) is 1. The van der Waals surface area contributed by atoms with Gasteiger partial charge in [-0.15, -0.1) is 0 Å². The van der Waals surface area contributed by atoms with E-state index < -0.39 is 16.1 Å². The Morgan fingerprint density at radius 3 is 2.64 bits per heavy atom. The zero-order valence-corrected chi connectivity index (χ0v) is 19.0. The van der Waals surface area contributed by atoms with Crippen LogP contribution in [0.5, 0.6) is 5.75 Å². The Kier molecular flexibility index (Phi) is 8.77. The van der Waals surface area contributed by atoms with Crippen molar-refractivity contribution in [3.05, 3.63) is 23.2 Å². The summed E-state index contributed by atoms with van der Waals surface area (Å²) in [5.74, 6) is 0.807. The van der Waals surface area contributed by atoms with Crippen LogP contribution in [0.1, 0.15) is 39.0 Å². The summed E-state index contributed by atoms with van der Waals surface area (Å²) in [6.07, 6.45) is 7.43. The van der Waals surface area contributed by atoms with Crippen molar-refractivity contribution in [2.75, 3.05) is 30.0 Å². The number of ether oxygens (including phenoxy) is 1. The third-order valence-electron chi connectivity index (χ3n) is 4.77. The molecule has 158 valence electrons. The summed E-state index contributed by atoms with van der Waals surface area (Å²) in [4.78, 5) is 12.6. The molecular weight excluding hydrogens is 420 g/mol. The topological polar surface area (TPSA) is 75.7 Å². The molecule has 1 saturated carbocycles. The number of carbonyl (C=O) groups is 1. The minimum absolute atomic E-state index is 0.247. The van der Waals surface area contributed by atoms with Crippen molar-refractivity contribution in [1.82, 2.24) is 5.32 Å². The van der Waals surface area contributed by atoms with Crippen molar-refractivity contribution in [1.29, 1.82) is 0 Å². The second kappa shape index (κ2) is 10.6. The molecule has 1 aromatic carbocycles. The summed E-state index contributed by atoms with van der Waals surface area (Å²) in [6.45, 7) is 2.07. The smallest absolute Gasteiger partial charge is 0.243 e. The number of sulfonamides is 1. The zero-order valence-electron chi connectivity index (χ0n) is 16.6. The van der Waals surface area contributed by atoms with Gasteiger partial charge in [0.25, 0.3) is 0 Å². The maximum atomic E-state index is 12.6. The first-order valence-corrected chi connectivity index (χ1v) is 12.7. The second-order valence-electron chi connectivity index (χ2n) is 6.97. The Balaban J connectivity index is 2.03. The predicted octanol–water partition coefficient (Wildman–Crippen LogP) is 3.69. The van der Waals surface area contributed by atoms with Gasteiger partial charge in [0, 0.05) is 22.6 Å². The summed E-state index contributed by atoms with van der Waals surface area (Å²) in [6, 6.07) is 3.75. The van der Waals surface area contributed by atoms with Crippen LogP contribution in [-0.2, 0) is 14.8 Å². The number of methoxy groups -OCH3 is 1. The average molecular weight is 449 g/mol. The average Bonchev–Trinajstić information content (AvgIpc) is 2.65. The highest BCUT2D eigenvalue weighted by atomic mass is 35.5. The number of benzene rings is 1. The molecule has 1 fully saturated rings. The first kappa shape index (κ1) is 23.2. The van der Waals surface area contributed by atoms with Gasteiger partial charge in [-0.1, -0.05) is 30.9 Å². The molecule has 0 aliphatic heterocycles. The molecule has 1 aliphatic rings. The lowest BCUT2D eigenvalue weighted by molar-refractivity contribution is -0.121. The van der Waals surface area contributed by atoms with Crippen LogP contribution in [0.4, 0.5) is 5.69 Å². The van der Waals surface area contributed by atoms with Crippen LogP contribution in [0.25, 0.3) is 0 Å². The number of anilines is 1. The van der Waals surface area contributed by atoms with Crippen LogP contribution in [0.15, 0.2) is 18.2 Å². The van der Waals surface area contributed by atoms with Crippen LogP contribution in [0.3, 0.4) is 0 Å². The van der Waals surface area contributed by atoms with Gasteiger partial charge in [0.15, 0.2) is 0 Å². The lowest BCUT2D eigenvalue weighted by Gasteiger charge is -2.29. The Morgan fingerprint density at radius 2 is 2.04 bits per heavy atom. The van der Waals surface area contributed by atoms with Crippen LogP contribution in [0.2, 0.25) is 5.02 Å². The van der Waals surface area contributed by atoms with Gasteiger partial charge in [-0.3, -0.25) is 9.10 Å². The number of halogens is 1. The molecule has 6 nitrogen and oxygen atoms in total. The highest BCUT2D eigenvalue weighted by molar-refractivity contribution is 7.99. The number of amides is 1. The first-order valence-electron chi connectivity index (χ1n) is 9.46. The lowest BCUT2D eigenvalue weighted by Crippen LogP contribution is -2.48. The van der Waals surface area contributed by atoms with Crippen molar-refractivity contribution >= 4 is 45.0 Å². The van der Waals surface area contributed by atoms with E-state index in [1.807, 2.05) is 11.8 Å². The van der Waals surface area contributed by atoms with E-state index >= 15 is 0 Å². The molecule has 28 heavy (non-hydrogen) atoms. The predicted molar refractivity (Wildman–Crippen MR) is 117 cm³/mol. The Bertz CT molecular complexity index is 767. The van der Waals surface area contributed by atoms with Crippen molar-refractivity contribution < 1.29 is 17.9 Å². The van der Waals surface area contributed by atoms with E-state index in [0.29, 0.717) is 22.6 Å². The quantitative estimate of drug-likeness (QED) is 0.583. The molecule has 0 aromatic heterocycles. The van der Waals surface area contributed by atoms with Gasteiger partial charge in [-0.2, -0.15) is 11.8 Å². The summed E-state index contributed by atoms with van der Waals surface area (Å²) >= 11 is 7.93. The minimum atomic E-state index is -3.73. The largest absolute Gasteiger partial charge is 0.495 e. The molecule has 0 saturated heterocycles. The number of nitrogens with zero attached hydrogens (tertiary/aromatic N) is 1. The first-order chi connectivity index (χ1) is 13.2. The molecule has 1 aliphatic carbocycles. The van der Waals surface area contributed by atoms with E-state index in [1.54, 1.807) is 19.1 Å². The highest BCUT2D eigenvalue weighted by Gasteiger charge is 2.31. The van der Waals surface area contributed by atoms with Gasteiger partial charge in [0.2, 0.25) is 15.9 Å². The van der Waals surface area contributed by atoms with Crippen molar-refractivity contribution in [2.24, 2.45) is 0 Å². The van der Waals surface area contributed by atoms with Crippen molar-refractivity contribution in [2.45, 2.75) is 50.3 Å². The van der Waals surface area contributed by atoms with Gasteiger partial charge in [0.05, 0.1) is 19.1 Å². The molecule has 0 spiro atoms. The Morgan fingerprint density at radius 1 is 1.36 bits per heavy atom. The monoisotopic (exact) mass is 448 g/mol. The maximum absolute atomic E-state index is 12.6. The van der Waals surface area contributed by atoms with E-state index in [2.05, 4.69) is 5.32 Å². The van der Waals surface area contributed by atoms with Crippen LogP contribution >= 0.6 is 23.4 Å². The fourth-order valence-electron chi connectivity index (χ4n) is 3.40. The number of nitrogens with one attached hydrogen (secondary N) is 1. The van der Waals surface area contributed by atoms with Gasteiger partial charge in [0.1, 0.15) is 11.8 Å². The Hall–Kier alpha value is -1.12. The van der Waals surface area contributed by atoms with E-state index in [0.717, 1.165) is 16.3 Å². The molecule has 0 unspecified atom stereocenters. The SMILES string of the molecule is COc1ccc(Cl)cc1N([C@H](C)C(=O)NCCSC1CCCCC1)S(C)(=O)=O. The van der Waals surface area contributed by atoms with Crippen LogP contribution < -0.4 is 14.4 Å². The standard InChI is InChI=1S/C19H29ClN2O4S2/c1-14(19(23)21-11-12-27-16-7-5-4-6-8-16)22(28(3,24)25)17-13-15(20)9-10-18(17)26-2/h9-10,13-14,16H,4-8,11-12H2,1-3H3,(H,21,23)/t14-/m1/s1. The van der Waals surface area contributed by atoms with Gasteiger partial charge in [-0.05, 0) is 38.0 Å². The number of hydrogen-bond acceptors (Lipinski definition) is 5. The third kappa shape index (κ3) is 6.46. The molecular formula is C19H29ClN2O4S2. The maximum Gasteiger partial charge on any atom is 0.243 e. The molecule has 0 heterocycles. The molecule has 0 bridgehead atoms. The van der Waals surface area contributed by atoms with Crippen molar-refractivity contribution in [3.63, 3.8) is 0 Å². The molecule has 2 rings (SSSR count). The van der Waals surface area contributed by atoms with Crippen molar-refractivity contribution in [3.8, 4) is 5.75 Å².